The minimum atomic E-state index is -0.357. The minimum absolute atomic E-state index is 0.0610. The fourth-order valence-electron chi connectivity index (χ4n) is 3.52. The average Bonchev–Trinajstić information content (AvgIpc) is 3.12. The van der Waals surface area contributed by atoms with Crippen LogP contribution in [0.2, 0.25) is 0 Å². The Morgan fingerprint density at radius 3 is 3.00 bits per heavy atom. The van der Waals surface area contributed by atoms with E-state index in [-0.39, 0.29) is 23.6 Å². The molecule has 7 nitrogen and oxygen atoms in total. The largest absolute Gasteiger partial charge is 0.383 e. The molecule has 1 aliphatic rings. The number of hydrogen-bond acceptors (Lipinski definition) is 5. The Hall–Kier alpha value is -3.73. The first-order valence-electron chi connectivity index (χ1n) is 9.24. The Labute approximate surface area is 167 Å². The van der Waals surface area contributed by atoms with E-state index in [0.29, 0.717) is 35.4 Å². The lowest BCUT2D eigenvalue weighted by Crippen LogP contribution is -2.40. The van der Waals surface area contributed by atoms with Crippen molar-refractivity contribution in [3.8, 4) is 11.8 Å². The topological polar surface area (TPSA) is 89.9 Å². The summed E-state index contributed by atoms with van der Waals surface area (Å²) in [6, 6.07) is 5.97. The number of rotatable bonds is 2. The number of anilines is 1. The smallest absolute Gasteiger partial charge is 0.246 e. The molecule has 8 heteroatoms. The second-order valence-corrected chi connectivity index (χ2v) is 6.80. The Morgan fingerprint density at radius 2 is 2.21 bits per heavy atom. The maximum Gasteiger partial charge on any atom is 0.246 e. The molecular formula is C21H19FN6O. The van der Waals surface area contributed by atoms with Crippen molar-refractivity contribution in [2.45, 2.75) is 18.9 Å². The molecule has 0 unspecified atom stereocenters. The molecule has 146 valence electrons. The summed E-state index contributed by atoms with van der Waals surface area (Å²) in [4.78, 5) is 22.2. The molecule has 0 bridgehead atoms. The van der Waals surface area contributed by atoms with Gasteiger partial charge in [-0.1, -0.05) is 18.6 Å². The number of nitrogens with two attached hydrogens (primary N) is 1. The monoisotopic (exact) mass is 390 g/mol. The van der Waals surface area contributed by atoms with Crippen LogP contribution in [0.15, 0.2) is 43.2 Å². The molecule has 1 amide bonds. The van der Waals surface area contributed by atoms with Gasteiger partial charge < -0.3 is 10.6 Å². The van der Waals surface area contributed by atoms with Gasteiger partial charge in [0.15, 0.2) is 5.65 Å². The predicted molar refractivity (Wildman–Crippen MR) is 107 cm³/mol. The van der Waals surface area contributed by atoms with Crippen molar-refractivity contribution in [3.63, 3.8) is 0 Å². The summed E-state index contributed by atoms with van der Waals surface area (Å²) in [5.41, 5.74) is 7.61. The van der Waals surface area contributed by atoms with E-state index in [2.05, 4.69) is 33.5 Å². The number of benzene rings is 1. The van der Waals surface area contributed by atoms with Crippen LogP contribution < -0.4 is 5.73 Å². The van der Waals surface area contributed by atoms with Crippen LogP contribution in [-0.4, -0.2) is 43.6 Å². The van der Waals surface area contributed by atoms with E-state index in [0.717, 1.165) is 12.8 Å². The fourth-order valence-corrected chi connectivity index (χ4v) is 3.52. The van der Waals surface area contributed by atoms with Gasteiger partial charge in [-0.3, -0.25) is 4.79 Å². The fraction of sp³-hybridized carbons (Fsp3) is 0.238. The van der Waals surface area contributed by atoms with Crippen LogP contribution in [0.3, 0.4) is 0 Å². The van der Waals surface area contributed by atoms with Gasteiger partial charge in [-0.05, 0) is 43.0 Å². The second kappa shape index (κ2) is 7.72. The van der Waals surface area contributed by atoms with Gasteiger partial charge in [0.05, 0.1) is 11.4 Å². The number of aromatic nitrogens is 4. The molecule has 1 saturated heterocycles. The number of carbonyl (C=O) groups excluding carboxylic acids is 1. The molecule has 3 aromatic rings. The standard InChI is InChI=1S/C21H19FN6O/c1-2-18(29)27-10-4-7-16(12-27)28-21-19(20(23)24-13-25-21)17(26-28)9-8-14-5-3-6-15(22)11-14/h2-3,5-6,11,13,16H,1,4,7,10,12H2,(H2,23,24,25)/t16-/m1/s1. The third kappa shape index (κ3) is 3.67. The van der Waals surface area contributed by atoms with Gasteiger partial charge in [0.1, 0.15) is 23.7 Å². The third-order valence-electron chi connectivity index (χ3n) is 4.90. The van der Waals surface area contributed by atoms with Gasteiger partial charge in [-0.25, -0.2) is 19.0 Å². The minimum Gasteiger partial charge on any atom is -0.383 e. The zero-order valence-electron chi connectivity index (χ0n) is 15.7. The number of amides is 1. The quantitative estimate of drug-likeness (QED) is 0.536. The normalized spacial score (nSPS) is 16.3. The molecule has 0 radical (unpaired) electrons. The number of likely N-dealkylation sites (tertiary alicyclic amines) is 1. The summed E-state index contributed by atoms with van der Waals surface area (Å²) < 4.78 is 15.2. The number of halogens is 1. The molecular weight excluding hydrogens is 371 g/mol. The summed E-state index contributed by atoms with van der Waals surface area (Å²) >= 11 is 0. The van der Waals surface area contributed by atoms with E-state index in [4.69, 9.17) is 5.73 Å². The molecule has 2 aromatic heterocycles. The zero-order chi connectivity index (χ0) is 20.4. The van der Waals surface area contributed by atoms with Gasteiger partial charge >= 0.3 is 0 Å². The van der Waals surface area contributed by atoms with Crippen LogP contribution in [0.1, 0.15) is 30.1 Å². The predicted octanol–water partition coefficient (Wildman–Crippen LogP) is 2.30. The van der Waals surface area contributed by atoms with E-state index in [1.807, 2.05) is 0 Å². The second-order valence-electron chi connectivity index (χ2n) is 6.80. The van der Waals surface area contributed by atoms with E-state index in [1.54, 1.807) is 21.7 Å². The Bertz CT molecular complexity index is 1160. The maximum atomic E-state index is 13.4. The lowest BCUT2D eigenvalue weighted by molar-refractivity contribution is -0.127. The van der Waals surface area contributed by atoms with E-state index >= 15 is 0 Å². The van der Waals surface area contributed by atoms with Gasteiger partial charge in [0.2, 0.25) is 5.91 Å². The zero-order valence-corrected chi connectivity index (χ0v) is 15.7. The molecule has 0 spiro atoms. The molecule has 1 atom stereocenters. The van der Waals surface area contributed by atoms with Crippen LogP contribution in [0, 0.1) is 17.7 Å². The first kappa shape index (κ1) is 18.6. The highest BCUT2D eigenvalue weighted by atomic mass is 19.1. The SMILES string of the molecule is C=CC(=O)N1CCC[C@@H](n2nc(C#Cc3cccc(F)c3)c3c(N)ncnc32)C1. The van der Waals surface area contributed by atoms with Crippen LogP contribution in [0.5, 0.6) is 0 Å². The number of fused-ring (bicyclic) bond motifs is 1. The first-order chi connectivity index (χ1) is 14.1. The Morgan fingerprint density at radius 1 is 1.34 bits per heavy atom. The highest BCUT2D eigenvalue weighted by molar-refractivity contribution is 5.90. The number of nitrogen functional groups attached to an aromatic ring is 1. The van der Waals surface area contributed by atoms with Crippen molar-refractivity contribution < 1.29 is 9.18 Å². The third-order valence-corrected chi connectivity index (χ3v) is 4.90. The highest BCUT2D eigenvalue weighted by Crippen LogP contribution is 2.28. The van der Waals surface area contributed by atoms with Crippen molar-refractivity contribution >= 4 is 22.8 Å². The van der Waals surface area contributed by atoms with Crippen LogP contribution in [0.25, 0.3) is 11.0 Å². The molecule has 3 heterocycles. The van der Waals surface area contributed by atoms with Crippen LogP contribution >= 0.6 is 0 Å². The number of piperidine rings is 1. The molecule has 2 N–H and O–H groups in total. The van der Waals surface area contributed by atoms with Crippen molar-refractivity contribution in [2.24, 2.45) is 0 Å². The Kier molecular flexibility index (Phi) is 4.96. The van der Waals surface area contributed by atoms with Crippen molar-refractivity contribution in [1.82, 2.24) is 24.6 Å². The molecule has 1 fully saturated rings. The maximum absolute atomic E-state index is 13.4. The molecule has 4 rings (SSSR count). The van der Waals surface area contributed by atoms with Gasteiger partial charge in [-0.2, -0.15) is 5.10 Å². The summed E-state index contributed by atoms with van der Waals surface area (Å²) in [6.07, 6.45) is 4.39. The Balaban J connectivity index is 1.76. The van der Waals surface area contributed by atoms with E-state index < -0.39 is 0 Å². The number of carbonyl (C=O) groups is 1. The van der Waals surface area contributed by atoms with Crippen molar-refractivity contribution in [1.29, 1.82) is 0 Å². The molecule has 1 aliphatic heterocycles. The first-order valence-corrected chi connectivity index (χ1v) is 9.24. The van der Waals surface area contributed by atoms with Gasteiger partial charge in [0, 0.05) is 18.7 Å². The molecule has 0 saturated carbocycles. The summed E-state index contributed by atoms with van der Waals surface area (Å²) in [5, 5.41) is 5.19. The lowest BCUT2D eigenvalue weighted by Gasteiger charge is -2.32. The summed E-state index contributed by atoms with van der Waals surface area (Å²) in [7, 11) is 0. The average molecular weight is 390 g/mol. The summed E-state index contributed by atoms with van der Waals surface area (Å²) in [5.74, 6) is 5.71. The number of hydrogen-bond donors (Lipinski definition) is 1. The van der Waals surface area contributed by atoms with Gasteiger partial charge in [0.25, 0.3) is 0 Å². The van der Waals surface area contributed by atoms with Crippen LogP contribution in [0.4, 0.5) is 10.2 Å². The van der Waals surface area contributed by atoms with Crippen molar-refractivity contribution in [3.05, 3.63) is 60.3 Å². The molecule has 1 aromatic carbocycles. The molecule has 0 aliphatic carbocycles. The summed E-state index contributed by atoms with van der Waals surface area (Å²) in [6.45, 7) is 4.75. The van der Waals surface area contributed by atoms with E-state index in [9.17, 15) is 9.18 Å². The number of nitrogens with zero attached hydrogens (tertiary/aromatic N) is 5. The molecule has 29 heavy (non-hydrogen) atoms. The highest BCUT2D eigenvalue weighted by Gasteiger charge is 2.27. The van der Waals surface area contributed by atoms with Gasteiger partial charge in [-0.15, -0.1) is 0 Å². The van der Waals surface area contributed by atoms with Crippen molar-refractivity contribution in [2.75, 3.05) is 18.8 Å². The van der Waals surface area contributed by atoms with Crippen LogP contribution in [-0.2, 0) is 4.79 Å². The lowest BCUT2D eigenvalue weighted by atomic mass is 10.1. The van der Waals surface area contributed by atoms with E-state index in [1.165, 1.54) is 24.5 Å².